The second kappa shape index (κ2) is 8.93. The number of hydrogen-bond donors (Lipinski definition) is 0. The predicted octanol–water partition coefficient (Wildman–Crippen LogP) is 5.76. The number of hydrogen-bond acceptors (Lipinski definition) is 0. The van der Waals surface area contributed by atoms with Crippen molar-refractivity contribution >= 4 is 18.2 Å². The molecule has 0 aliphatic heterocycles. The van der Waals surface area contributed by atoms with Crippen molar-refractivity contribution in [2.24, 2.45) is 16.7 Å². The van der Waals surface area contributed by atoms with Crippen LogP contribution < -0.4 is 10.9 Å². The minimum atomic E-state index is 0.384. The average Bonchev–Trinajstić information content (AvgIpc) is 2.56. The first-order chi connectivity index (χ1) is 12.2. The molecular formula is C25H36B. The van der Waals surface area contributed by atoms with E-state index in [4.69, 9.17) is 0 Å². The Morgan fingerprint density at radius 1 is 0.769 bits per heavy atom. The summed E-state index contributed by atoms with van der Waals surface area (Å²) in [6, 6.07) is 19.7. The summed E-state index contributed by atoms with van der Waals surface area (Å²) in [5, 5.41) is 0. The van der Waals surface area contributed by atoms with Gasteiger partial charge in [-0.3, -0.25) is 0 Å². The molecule has 0 spiro atoms. The van der Waals surface area contributed by atoms with E-state index in [9.17, 15) is 0 Å². The molecule has 0 saturated heterocycles. The Bertz CT molecular complexity index is 647. The summed E-state index contributed by atoms with van der Waals surface area (Å²) >= 11 is 0. The smallest absolute Gasteiger partial charge is 0.0814 e. The minimum Gasteiger partial charge on any atom is -0.0814 e. The summed E-state index contributed by atoms with van der Waals surface area (Å²) in [6.07, 6.45) is 5.03. The van der Waals surface area contributed by atoms with Crippen LogP contribution in [0.1, 0.15) is 66.4 Å². The molecule has 0 amide bonds. The third-order valence-electron chi connectivity index (χ3n) is 5.34. The molecule has 1 heteroatoms. The summed E-state index contributed by atoms with van der Waals surface area (Å²) in [5.74, 6) is 0.744. The van der Waals surface area contributed by atoms with Crippen LogP contribution in [0.4, 0.5) is 0 Å². The third-order valence-corrected chi connectivity index (χ3v) is 5.34. The molecule has 1 unspecified atom stereocenters. The zero-order chi connectivity index (χ0) is 19.2. The van der Waals surface area contributed by atoms with Gasteiger partial charge in [0.2, 0.25) is 0 Å². The number of benzene rings is 2. The molecule has 0 N–H and O–H groups in total. The van der Waals surface area contributed by atoms with Crippen molar-refractivity contribution < 1.29 is 0 Å². The maximum Gasteiger partial charge on any atom is 0.191 e. The van der Waals surface area contributed by atoms with Crippen LogP contribution in [0.5, 0.6) is 0 Å². The van der Waals surface area contributed by atoms with Gasteiger partial charge >= 0.3 is 0 Å². The fraction of sp³-hybridized carbons (Fsp3) is 0.520. The van der Waals surface area contributed by atoms with Crippen molar-refractivity contribution in [2.45, 2.75) is 67.2 Å². The Labute approximate surface area is 162 Å². The van der Waals surface area contributed by atoms with E-state index < -0.39 is 0 Å². The Morgan fingerprint density at radius 3 is 1.88 bits per heavy atom. The Morgan fingerprint density at radius 2 is 1.35 bits per heavy atom. The second-order valence-corrected chi connectivity index (χ2v) is 9.85. The molecule has 139 valence electrons. The molecule has 0 fully saturated rings. The molecule has 1 radical (unpaired) electrons. The Hall–Kier alpha value is -1.50. The first-order valence-electron chi connectivity index (χ1n) is 10.2. The molecule has 2 rings (SSSR count). The molecule has 0 aliphatic rings. The van der Waals surface area contributed by atoms with Crippen molar-refractivity contribution in [1.82, 2.24) is 0 Å². The normalized spacial score (nSPS) is 13.5. The van der Waals surface area contributed by atoms with E-state index in [1.54, 1.807) is 0 Å². The summed E-state index contributed by atoms with van der Waals surface area (Å²) in [4.78, 5) is 0. The van der Waals surface area contributed by atoms with Gasteiger partial charge in [-0.15, -0.1) is 0 Å². The minimum absolute atomic E-state index is 0.384. The monoisotopic (exact) mass is 347 g/mol. The van der Waals surface area contributed by atoms with Crippen LogP contribution in [-0.4, -0.2) is 7.28 Å². The van der Waals surface area contributed by atoms with Crippen molar-refractivity contribution in [3.8, 4) is 0 Å². The van der Waals surface area contributed by atoms with Gasteiger partial charge in [0.05, 0.1) is 0 Å². The van der Waals surface area contributed by atoms with E-state index in [0.717, 1.165) is 5.92 Å². The van der Waals surface area contributed by atoms with E-state index in [2.05, 4.69) is 103 Å². The summed E-state index contributed by atoms with van der Waals surface area (Å²) in [7, 11) is 2.25. The van der Waals surface area contributed by atoms with Crippen LogP contribution in [-0.2, 0) is 6.42 Å². The average molecular weight is 347 g/mol. The highest BCUT2D eigenvalue weighted by Gasteiger charge is 2.25. The zero-order valence-electron chi connectivity index (χ0n) is 17.7. The fourth-order valence-corrected chi connectivity index (χ4v) is 3.83. The SMILES string of the molecule is CCC(C)(C)CC(Cc1ccc([B]c2ccccc2)cc1)CC(C)(C)C. The highest BCUT2D eigenvalue weighted by atomic mass is 14.3. The van der Waals surface area contributed by atoms with E-state index >= 15 is 0 Å². The van der Waals surface area contributed by atoms with E-state index in [-0.39, 0.29) is 0 Å². The molecule has 2 aromatic rings. The van der Waals surface area contributed by atoms with E-state index in [1.165, 1.54) is 42.2 Å². The van der Waals surface area contributed by atoms with Gasteiger partial charge in [0, 0.05) is 0 Å². The lowest BCUT2D eigenvalue weighted by molar-refractivity contribution is 0.200. The molecule has 0 saturated carbocycles. The maximum atomic E-state index is 2.42. The predicted molar refractivity (Wildman–Crippen MR) is 118 cm³/mol. The van der Waals surface area contributed by atoms with Crippen molar-refractivity contribution in [2.75, 3.05) is 0 Å². The van der Waals surface area contributed by atoms with Crippen molar-refractivity contribution in [3.05, 3.63) is 60.2 Å². The highest BCUT2D eigenvalue weighted by Crippen LogP contribution is 2.36. The molecule has 26 heavy (non-hydrogen) atoms. The molecule has 0 aromatic heterocycles. The van der Waals surface area contributed by atoms with Gasteiger partial charge in [-0.05, 0) is 41.6 Å². The van der Waals surface area contributed by atoms with E-state index in [0.29, 0.717) is 10.8 Å². The van der Waals surface area contributed by atoms with Crippen molar-refractivity contribution in [1.29, 1.82) is 0 Å². The first-order valence-corrected chi connectivity index (χ1v) is 10.2. The zero-order valence-corrected chi connectivity index (χ0v) is 17.7. The third kappa shape index (κ3) is 7.40. The van der Waals surface area contributed by atoms with Crippen LogP contribution in [0, 0.1) is 16.7 Å². The largest absolute Gasteiger partial charge is 0.191 e. The fourth-order valence-electron chi connectivity index (χ4n) is 3.83. The molecule has 0 bridgehead atoms. The lowest BCUT2D eigenvalue weighted by atomic mass is 9.64. The van der Waals surface area contributed by atoms with Crippen LogP contribution in [0.3, 0.4) is 0 Å². The summed E-state index contributed by atoms with van der Waals surface area (Å²) in [6.45, 7) is 14.3. The maximum absolute atomic E-state index is 2.42. The Kier molecular flexibility index (Phi) is 7.15. The lowest BCUT2D eigenvalue weighted by Gasteiger charge is -2.33. The van der Waals surface area contributed by atoms with Gasteiger partial charge in [-0.1, -0.05) is 113 Å². The van der Waals surface area contributed by atoms with Gasteiger partial charge in [-0.25, -0.2) is 0 Å². The lowest BCUT2D eigenvalue weighted by Crippen LogP contribution is -2.26. The molecule has 0 heterocycles. The Balaban J connectivity index is 2.05. The van der Waals surface area contributed by atoms with Crippen LogP contribution in [0.25, 0.3) is 0 Å². The molecule has 0 aliphatic carbocycles. The molecule has 2 aromatic carbocycles. The van der Waals surface area contributed by atoms with Crippen LogP contribution >= 0.6 is 0 Å². The second-order valence-electron chi connectivity index (χ2n) is 9.85. The first kappa shape index (κ1) is 20.8. The van der Waals surface area contributed by atoms with Crippen LogP contribution in [0.2, 0.25) is 0 Å². The topological polar surface area (TPSA) is 0 Å². The van der Waals surface area contributed by atoms with Gasteiger partial charge in [0.25, 0.3) is 0 Å². The van der Waals surface area contributed by atoms with Gasteiger partial charge in [0.15, 0.2) is 7.28 Å². The summed E-state index contributed by atoms with van der Waals surface area (Å²) in [5.41, 5.74) is 4.82. The van der Waals surface area contributed by atoms with Crippen LogP contribution in [0.15, 0.2) is 54.6 Å². The quantitative estimate of drug-likeness (QED) is 0.532. The molecular weight excluding hydrogens is 311 g/mol. The summed E-state index contributed by atoms with van der Waals surface area (Å²) < 4.78 is 0. The van der Waals surface area contributed by atoms with Gasteiger partial charge in [0.1, 0.15) is 0 Å². The van der Waals surface area contributed by atoms with Crippen molar-refractivity contribution in [3.63, 3.8) is 0 Å². The molecule has 0 nitrogen and oxygen atoms in total. The van der Waals surface area contributed by atoms with Gasteiger partial charge < -0.3 is 0 Å². The van der Waals surface area contributed by atoms with E-state index in [1.807, 2.05) is 0 Å². The standard InChI is InChI=1S/C25H36B/c1-7-25(5,6)19-21(18-24(2,3)4)17-20-13-15-23(16-14-20)26-22-11-9-8-10-12-22/h8-16,21H,7,17-19H2,1-6H3. The molecule has 1 atom stereocenters. The van der Waals surface area contributed by atoms with Gasteiger partial charge in [-0.2, -0.15) is 0 Å². The number of rotatable bonds is 8. The highest BCUT2D eigenvalue weighted by molar-refractivity contribution is 6.67.